The maximum absolute atomic E-state index is 12.1. The summed E-state index contributed by atoms with van der Waals surface area (Å²) >= 11 is 0. The number of benzene rings is 1. The van der Waals surface area contributed by atoms with Crippen molar-refractivity contribution in [3.63, 3.8) is 0 Å². The van der Waals surface area contributed by atoms with Crippen molar-refractivity contribution in [3.05, 3.63) is 53.3 Å². The van der Waals surface area contributed by atoms with Crippen molar-refractivity contribution in [1.82, 2.24) is 15.1 Å². The molecule has 1 heterocycles. The van der Waals surface area contributed by atoms with Gasteiger partial charge in [-0.3, -0.25) is 9.89 Å². The highest BCUT2D eigenvalue weighted by Gasteiger charge is 2.12. The van der Waals surface area contributed by atoms with Crippen LogP contribution in [0.4, 0.5) is 0 Å². The van der Waals surface area contributed by atoms with Crippen LogP contribution in [0.25, 0.3) is 0 Å². The lowest BCUT2D eigenvalue weighted by Gasteiger charge is -2.16. The molecule has 0 aliphatic carbocycles. The first kappa shape index (κ1) is 12.3. The van der Waals surface area contributed by atoms with E-state index in [2.05, 4.69) is 10.2 Å². The van der Waals surface area contributed by atoms with E-state index in [1.165, 1.54) is 0 Å². The Morgan fingerprint density at radius 1 is 1.33 bits per heavy atom. The van der Waals surface area contributed by atoms with Gasteiger partial charge >= 0.3 is 0 Å². The Morgan fingerprint density at radius 3 is 2.61 bits per heavy atom. The number of aromatic amines is 1. The Morgan fingerprint density at radius 2 is 2.06 bits per heavy atom. The van der Waals surface area contributed by atoms with Crippen molar-refractivity contribution in [2.45, 2.75) is 13.2 Å². The predicted molar refractivity (Wildman–Crippen MR) is 66.8 cm³/mol. The maximum Gasteiger partial charge on any atom is 0.253 e. The van der Waals surface area contributed by atoms with Crippen molar-refractivity contribution in [2.24, 2.45) is 0 Å². The molecule has 2 aromatic rings. The van der Waals surface area contributed by atoms with Crippen LogP contribution in [0.3, 0.4) is 0 Å². The number of carbonyl (C=O) groups excluding carboxylic acids is 1. The number of H-pyrrole nitrogens is 1. The minimum atomic E-state index is -0.0549. The molecule has 0 bridgehead atoms. The Bertz CT molecular complexity index is 506. The predicted octanol–water partition coefficient (Wildman–Crippen LogP) is 1.17. The number of aliphatic hydroxyl groups is 1. The number of amides is 1. The van der Waals surface area contributed by atoms with E-state index in [4.69, 9.17) is 5.11 Å². The molecule has 1 amide bonds. The molecule has 0 aliphatic heterocycles. The monoisotopic (exact) mass is 245 g/mol. The highest BCUT2D eigenvalue weighted by molar-refractivity contribution is 5.94. The van der Waals surface area contributed by atoms with Gasteiger partial charge in [0, 0.05) is 30.9 Å². The summed E-state index contributed by atoms with van der Waals surface area (Å²) in [5.74, 6) is -0.0549. The molecule has 5 nitrogen and oxygen atoms in total. The summed E-state index contributed by atoms with van der Waals surface area (Å²) in [5, 5.41) is 15.5. The summed E-state index contributed by atoms with van der Waals surface area (Å²) in [6.45, 7) is 0.496. The Kier molecular flexibility index (Phi) is 3.74. The molecule has 0 saturated heterocycles. The lowest BCUT2D eigenvalue weighted by Crippen LogP contribution is -2.25. The van der Waals surface area contributed by atoms with Gasteiger partial charge < -0.3 is 10.0 Å². The van der Waals surface area contributed by atoms with E-state index in [1.54, 1.807) is 48.6 Å². The number of rotatable bonds is 4. The first-order valence-electron chi connectivity index (χ1n) is 5.63. The largest absolute Gasteiger partial charge is 0.392 e. The van der Waals surface area contributed by atoms with Crippen LogP contribution in [0.15, 0.2) is 36.7 Å². The Hall–Kier alpha value is -2.14. The third kappa shape index (κ3) is 2.75. The quantitative estimate of drug-likeness (QED) is 0.849. The highest BCUT2D eigenvalue weighted by Crippen LogP contribution is 2.09. The number of nitrogens with one attached hydrogen (secondary N) is 1. The number of carbonyl (C=O) groups is 1. The molecule has 0 saturated carbocycles. The first-order valence-corrected chi connectivity index (χ1v) is 5.63. The number of hydrogen-bond donors (Lipinski definition) is 2. The summed E-state index contributed by atoms with van der Waals surface area (Å²) in [6.07, 6.45) is 3.46. The first-order chi connectivity index (χ1) is 8.70. The van der Waals surface area contributed by atoms with Gasteiger partial charge in [-0.25, -0.2) is 0 Å². The van der Waals surface area contributed by atoms with E-state index in [1.807, 2.05) is 0 Å². The molecule has 0 spiro atoms. The molecule has 1 aromatic carbocycles. The van der Waals surface area contributed by atoms with Crippen molar-refractivity contribution in [3.8, 4) is 0 Å². The summed E-state index contributed by atoms with van der Waals surface area (Å²) < 4.78 is 0. The maximum atomic E-state index is 12.1. The molecule has 0 unspecified atom stereocenters. The zero-order valence-electron chi connectivity index (χ0n) is 10.1. The van der Waals surface area contributed by atoms with Crippen LogP contribution in [0, 0.1) is 0 Å². The average molecular weight is 245 g/mol. The van der Waals surface area contributed by atoms with Gasteiger partial charge in [0.05, 0.1) is 12.8 Å². The average Bonchev–Trinajstić information content (AvgIpc) is 2.91. The molecule has 0 aliphatic rings. The zero-order chi connectivity index (χ0) is 13.0. The normalized spacial score (nSPS) is 10.3. The minimum Gasteiger partial charge on any atom is -0.392 e. The fraction of sp³-hybridized carbons (Fsp3) is 0.231. The van der Waals surface area contributed by atoms with Gasteiger partial charge in [-0.1, -0.05) is 12.1 Å². The van der Waals surface area contributed by atoms with E-state index in [0.29, 0.717) is 12.1 Å². The van der Waals surface area contributed by atoms with E-state index in [9.17, 15) is 4.79 Å². The molecular weight excluding hydrogens is 230 g/mol. The van der Waals surface area contributed by atoms with Gasteiger partial charge in [0.1, 0.15) is 0 Å². The van der Waals surface area contributed by atoms with Crippen molar-refractivity contribution in [1.29, 1.82) is 0 Å². The van der Waals surface area contributed by atoms with Crippen LogP contribution >= 0.6 is 0 Å². The molecule has 2 N–H and O–H groups in total. The molecule has 0 atom stereocenters. The van der Waals surface area contributed by atoms with Crippen molar-refractivity contribution < 1.29 is 9.90 Å². The summed E-state index contributed by atoms with van der Waals surface area (Å²) in [7, 11) is 1.75. The zero-order valence-corrected chi connectivity index (χ0v) is 10.1. The third-order valence-corrected chi connectivity index (χ3v) is 2.70. The molecule has 18 heavy (non-hydrogen) atoms. The van der Waals surface area contributed by atoms with Crippen LogP contribution in [-0.4, -0.2) is 33.2 Å². The number of hydrogen-bond acceptors (Lipinski definition) is 3. The van der Waals surface area contributed by atoms with Crippen LogP contribution in [0.2, 0.25) is 0 Å². The summed E-state index contributed by atoms with van der Waals surface area (Å²) in [6, 6.07) is 6.94. The second kappa shape index (κ2) is 5.46. The van der Waals surface area contributed by atoms with Crippen LogP contribution in [0.1, 0.15) is 21.5 Å². The molecule has 1 aromatic heterocycles. The van der Waals surface area contributed by atoms with E-state index >= 15 is 0 Å². The second-order valence-electron chi connectivity index (χ2n) is 4.12. The number of aliphatic hydroxyl groups excluding tert-OH is 1. The van der Waals surface area contributed by atoms with Crippen LogP contribution < -0.4 is 0 Å². The van der Waals surface area contributed by atoms with Gasteiger partial charge in [-0.05, 0) is 17.7 Å². The topological polar surface area (TPSA) is 69.2 Å². The molecular formula is C13H15N3O2. The van der Waals surface area contributed by atoms with Gasteiger partial charge in [0.2, 0.25) is 0 Å². The summed E-state index contributed by atoms with van der Waals surface area (Å²) in [4.78, 5) is 13.7. The van der Waals surface area contributed by atoms with Gasteiger partial charge in [-0.2, -0.15) is 5.10 Å². The lowest BCUT2D eigenvalue weighted by atomic mass is 10.1. The van der Waals surface area contributed by atoms with E-state index in [0.717, 1.165) is 11.1 Å². The smallest absolute Gasteiger partial charge is 0.253 e. The molecule has 94 valence electrons. The fourth-order valence-corrected chi connectivity index (χ4v) is 1.68. The van der Waals surface area contributed by atoms with E-state index in [-0.39, 0.29) is 12.5 Å². The van der Waals surface area contributed by atoms with Crippen molar-refractivity contribution >= 4 is 5.91 Å². The Labute approximate surface area is 105 Å². The van der Waals surface area contributed by atoms with Crippen molar-refractivity contribution in [2.75, 3.05) is 7.05 Å². The minimum absolute atomic E-state index is 0.0146. The van der Waals surface area contributed by atoms with Crippen LogP contribution in [0.5, 0.6) is 0 Å². The highest BCUT2D eigenvalue weighted by atomic mass is 16.3. The molecule has 2 rings (SSSR count). The lowest BCUT2D eigenvalue weighted by molar-refractivity contribution is 0.0785. The van der Waals surface area contributed by atoms with E-state index < -0.39 is 0 Å². The van der Waals surface area contributed by atoms with Gasteiger partial charge in [-0.15, -0.1) is 0 Å². The SMILES string of the molecule is CN(Cc1cn[nH]c1)C(=O)c1ccc(CO)cc1. The standard InChI is InChI=1S/C13H15N3O2/c1-16(8-11-6-14-15-7-11)13(18)12-4-2-10(9-17)3-5-12/h2-7,17H,8-9H2,1H3,(H,14,15). The molecule has 5 heteroatoms. The fourth-order valence-electron chi connectivity index (χ4n) is 1.68. The number of aromatic nitrogens is 2. The van der Waals surface area contributed by atoms with Crippen LogP contribution in [-0.2, 0) is 13.2 Å². The molecule has 0 fully saturated rings. The third-order valence-electron chi connectivity index (χ3n) is 2.70. The van der Waals surface area contributed by atoms with Gasteiger partial charge in [0.25, 0.3) is 5.91 Å². The number of nitrogens with zero attached hydrogens (tertiary/aromatic N) is 2. The Balaban J connectivity index is 2.05. The second-order valence-corrected chi connectivity index (χ2v) is 4.12. The molecule has 0 radical (unpaired) electrons. The van der Waals surface area contributed by atoms with Gasteiger partial charge in [0.15, 0.2) is 0 Å². The summed E-state index contributed by atoms with van der Waals surface area (Å²) in [5.41, 5.74) is 2.36.